The SMILES string of the molecule is C=CCC[C@@H](O)CO[Si](c1ccccc1)(c1ccccc1)C(C)(C)C. The maximum atomic E-state index is 10.4. The lowest BCUT2D eigenvalue weighted by atomic mass is 10.2. The summed E-state index contributed by atoms with van der Waals surface area (Å²) in [7, 11) is -2.54. The summed E-state index contributed by atoms with van der Waals surface area (Å²) in [5, 5.41) is 12.8. The molecule has 2 aromatic carbocycles. The molecule has 0 unspecified atom stereocenters. The van der Waals surface area contributed by atoms with Gasteiger partial charge in [0.25, 0.3) is 8.32 Å². The van der Waals surface area contributed by atoms with E-state index in [1.165, 1.54) is 10.4 Å². The Kier molecular flexibility index (Phi) is 6.76. The highest BCUT2D eigenvalue weighted by atomic mass is 28.4. The lowest BCUT2D eigenvalue weighted by molar-refractivity contribution is 0.0960. The number of hydrogen-bond acceptors (Lipinski definition) is 2. The molecule has 0 bridgehead atoms. The average Bonchev–Trinajstić information content (AvgIpc) is 2.61. The molecule has 0 saturated carbocycles. The first-order valence-corrected chi connectivity index (χ1v) is 10.9. The molecule has 2 aromatic rings. The monoisotopic (exact) mass is 354 g/mol. The largest absolute Gasteiger partial charge is 0.405 e. The number of aliphatic hydroxyl groups is 1. The second-order valence-corrected chi connectivity index (χ2v) is 11.8. The first-order chi connectivity index (χ1) is 11.9. The van der Waals surface area contributed by atoms with Gasteiger partial charge in [-0.05, 0) is 28.3 Å². The maximum absolute atomic E-state index is 10.4. The number of benzene rings is 2. The third kappa shape index (κ3) is 4.49. The molecule has 0 amide bonds. The van der Waals surface area contributed by atoms with Crippen LogP contribution in [0, 0.1) is 0 Å². The van der Waals surface area contributed by atoms with Crippen LogP contribution in [0.25, 0.3) is 0 Å². The minimum Gasteiger partial charge on any atom is -0.405 e. The molecule has 134 valence electrons. The Bertz CT molecular complexity index is 607. The van der Waals surface area contributed by atoms with E-state index in [4.69, 9.17) is 4.43 Å². The summed E-state index contributed by atoms with van der Waals surface area (Å²) in [5.41, 5.74) is 0. The first-order valence-electron chi connectivity index (χ1n) is 8.96. The van der Waals surface area contributed by atoms with E-state index in [-0.39, 0.29) is 5.04 Å². The third-order valence-corrected chi connectivity index (χ3v) is 9.62. The molecule has 0 aliphatic heterocycles. The van der Waals surface area contributed by atoms with Crippen LogP contribution >= 0.6 is 0 Å². The lowest BCUT2D eigenvalue weighted by Crippen LogP contribution is -2.67. The predicted octanol–water partition coefficient (Wildman–Crippen LogP) is 3.89. The van der Waals surface area contributed by atoms with Crippen molar-refractivity contribution in [2.24, 2.45) is 0 Å². The van der Waals surface area contributed by atoms with Gasteiger partial charge in [-0.2, -0.15) is 0 Å². The highest BCUT2D eigenvalue weighted by Gasteiger charge is 2.50. The van der Waals surface area contributed by atoms with Crippen LogP contribution in [0.1, 0.15) is 33.6 Å². The van der Waals surface area contributed by atoms with Gasteiger partial charge in [-0.15, -0.1) is 6.58 Å². The van der Waals surface area contributed by atoms with Gasteiger partial charge in [-0.3, -0.25) is 0 Å². The van der Waals surface area contributed by atoms with Crippen molar-refractivity contribution in [2.75, 3.05) is 6.61 Å². The highest BCUT2D eigenvalue weighted by Crippen LogP contribution is 2.36. The fourth-order valence-corrected chi connectivity index (χ4v) is 7.97. The maximum Gasteiger partial charge on any atom is 0.261 e. The van der Waals surface area contributed by atoms with Crippen molar-refractivity contribution >= 4 is 18.7 Å². The molecule has 0 aliphatic rings. The summed E-state index contributed by atoms with van der Waals surface area (Å²) in [4.78, 5) is 0. The Morgan fingerprint density at radius 2 is 1.48 bits per heavy atom. The predicted molar refractivity (Wildman–Crippen MR) is 109 cm³/mol. The fraction of sp³-hybridized carbons (Fsp3) is 0.364. The van der Waals surface area contributed by atoms with Crippen LogP contribution in [-0.2, 0) is 4.43 Å². The van der Waals surface area contributed by atoms with Crippen LogP contribution in [-0.4, -0.2) is 26.1 Å². The molecule has 1 N–H and O–H groups in total. The zero-order valence-electron chi connectivity index (χ0n) is 15.6. The third-order valence-electron chi connectivity index (χ3n) is 4.61. The van der Waals surface area contributed by atoms with E-state index in [2.05, 4.69) is 75.9 Å². The van der Waals surface area contributed by atoms with Crippen LogP contribution in [0.5, 0.6) is 0 Å². The van der Waals surface area contributed by atoms with Crippen molar-refractivity contribution in [1.82, 2.24) is 0 Å². The summed E-state index contributed by atoms with van der Waals surface area (Å²) in [6, 6.07) is 21.0. The summed E-state index contributed by atoms with van der Waals surface area (Å²) in [5.74, 6) is 0. The van der Waals surface area contributed by atoms with Crippen molar-refractivity contribution in [3.63, 3.8) is 0 Å². The van der Waals surface area contributed by atoms with Crippen molar-refractivity contribution in [1.29, 1.82) is 0 Å². The molecular weight excluding hydrogens is 324 g/mol. The molecule has 0 heterocycles. The van der Waals surface area contributed by atoms with Crippen molar-refractivity contribution in [2.45, 2.75) is 44.8 Å². The van der Waals surface area contributed by atoms with Gasteiger partial charge in [0.15, 0.2) is 0 Å². The van der Waals surface area contributed by atoms with Crippen LogP contribution in [0.15, 0.2) is 73.3 Å². The molecule has 25 heavy (non-hydrogen) atoms. The van der Waals surface area contributed by atoms with Gasteiger partial charge in [0.05, 0.1) is 12.7 Å². The van der Waals surface area contributed by atoms with Gasteiger partial charge >= 0.3 is 0 Å². The van der Waals surface area contributed by atoms with Crippen LogP contribution in [0.2, 0.25) is 5.04 Å². The highest BCUT2D eigenvalue weighted by molar-refractivity contribution is 6.99. The van der Waals surface area contributed by atoms with Crippen molar-refractivity contribution < 1.29 is 9.53 Å². The molecule has 0 radical (unpaired) electrons. The van der Waals surface area contributed by atoms with E-state index in [1.54, 1.807) is 0 Å². The molecule has 3 heteroatoms. The number of aliphatic hydroxyl groups excluding tert-OH is 1. The van der Waals surface area contributed by atoms with Crippen LogP contribution in [0.3, 0.4) is 0 Å². The van der Waals surface area contributed by atoms with E-state index in [0.29, 0.717) is 13.0 Å². The molecule has 0 aliphatic carbocycles. The molecular formula is C22H30O2Si. The van der Waals surface area contributed by atoms with Gasteiger partial charge in [0.1, 0.15) is 0 Å². The average molecular weight is 355 g/mol. The molecule has 0 aromatic heterocycles. The molecule has 0 spiro atoms. The minimum absolute atomic E-state index is 0.0616. The first kappa shape index (κ1) is 19.6. The van der Waals surface area contributed by atoms with Gasteiger partial charge in [0, 0.05) is 0 Å². The summed E-state index contributed by atoms with van der Waals surface area (Å²) < 4.78 is 6.68. The number of rotatable bonds is 8. The summed E-state index contributed by atoms with van der Waals surface area (Å²) >= 11 is 0. The number of allylic oxidation sites excluding steroid dienone is 1. The molecule has 1 atom stereocenters. The normalized spacial score (nSPS) is 13.4. The van der Waals surface area contributed by atoms with Gasteiger partial charge in [0.2, 0.25) is 0 Å². The second-order valence-electron chi connectivity index (χ2n) is 7.49. The second kappa shape index (κ2) is 8.61. The zero-order valence-corrected chi connectivity index (χ0v) is 16.6. The standard InChI is InChI=1S/C22H30O2Si/c1-5-6-13-19(23)18-24-25(22(2,3)4,20-14-9-7-10-15-20)21-16-11-8-12-17-21/h5,7-12,14-17,19,23H,1,6,13,18H2,2-4H3/t19-/m1/s1. The summed E-state index contributed by atoms with van der Waals surface area (Å²) in [6.45, 7) is 10.8. The quantitative estimate of drug-likeness (QED) is 0.576. The zero-order chi connectivity index (χ0) is 18.3. The van der Waals surface area contributed by atoms with E-state index < -0.39 is 14.4 Å². The van der Waals surface area contributed by atoms with E-state index in [9.17, 15) is 5.11 Å². The smallest absolute Gasteiger partial charge is 0.261 e. The van der Waals surface area contributed by atoms with E-state index in [1.807, 2.05) is 18.2 Å². The minimum atomic E-state index is -2.54. The Labute approximate surface area is 153 Å². The number of hydrogen-bond donors (Lipinski definition) is 1. The lowest BCUT2D eigenvalue weighted by Gasteiger charge is -2.43. The van der Waals surface area contributed by atoms with Gasteiger partial charge in [-0.25, -0.2) is 0 Å². The molecule has 2 rings (SSSR count). The van der Waals surface area contributed by atoms with Crippen molar-refractivity contribution in [3.8, 4) is 0 Å². The summed E-state index contributed by atoms with van der Waals surface area (Å²) in [6.07, 6.45) is 2.85. The molecule has 2 nitrogen and oxygen atoms in total. The fourth-order valence-electron chi connectivity index (χ4n) is 3.38. The van der Waals surface area contributed by atoms with E-state index >= 15 is 0 Å². The Hall–Kier alpha value is -1.68. The Morgan fingerprint density at radius 1 is 1.00 bits per heavy atom. The Morgan fingerprint density at radius 3 is 1.88 bits per heavy atom. The van der Waals surface area contributed by atoms with Gasteiger partial charge < -0.3 is 9.53 Å². The topological polar surface area (TPSA) is 29.5 Å². The van der Waals surface area contributed by atoms with Crippen LogP contribution in [0.4, 0.5) is 0 Å². The molecule has 0 fully saturated rings. The molecule has 0 saturated heterocycles. The van der Waals surface area contributed by atoms with E-state index in [0.717, 1.165) is 6.42 Å². The Balaban J connectivity index is 2.47. The van der Waals surface area contributed by atoms with Crippen molar-refractivity contribution in [3.05, 3.63) is 73.3 Å². The van der Waals surface area contributed by atoms with Gasteiger partial charge in [-0.1, -0.05) is 87.5 Å². The van der Waals surface area contributed by atoms with Crippen LogP contribution < -0.4 is 10.4 Å².